The van der Waals surface area contributed by atoms with Gasteiger partial charge in [0.2, 0.25) is 5.82 Å². The summed E-state index contributed by atoms with van der Waals surface area (Å²) >= 11 is 0. The Morgan fingerprint density at radius 3 is 2.61 bits per heavy atom. The summed E-state index contributed by atoms with van der Waals surface area (Å²) in [5.74, 6) is -3.54. The van der Waals surface area contributed by atoms with Gasteiger partial charge in [-0.05, 0) is 62.6 Å². The first-order valence-electron chi connectivity index (χ1n) is 12.1. The molecule has 0 amide bonds. The van der Waals surface area contributed by atoms with Gasteiger partial charge in [0.15, 0.2) is 0 Å². The van der Waals surface area contributed by atoms with E-state index in [0.29, 0.717) is 35.4 Å². The minimum Gasteiger partial charge on any atom is -0.489 e. The van der Waals surface area contributed by atoms with Crippen molar-refractivity contribution in [2.75, 3.05) is 6.61 Å². The summed E-state index contributed by atoms with van der Waals surface area (Å²) < 4.78 is 67.2. The fourth-order valence-electron chi connectivity index (χ4n) is 5.39. The Hall–Kier alpha value is -3.73. The first-order chi connectivity index (χ1) is 18.0. The van der Waals surface area contributed by atoms with Gasteiger partial charge >= 0.3 is 12.1 Å². The van der Waals surface area contributed by atoms with Crippen LogP contribution in [0, 0.1) is 11.7 Å². The Labute approximate surface area is 215 Å². The predicted octanol–water partition coefficient (Wildman–Crippen LogP) is 5.64. The van der Waals surface area contributed by atoms with Crippen LogP contribution < -0.4 is 4.74 Å². The van der Waals surface area contributed by atoms with Crippen LogP contribution in [0.5, 0.6) is 5.75 Å². The number of nitrogens with zero attached hydrogens (tertiary/aromatic N) is 3. The average molecular weight is 532 g/mol. The number of aromatic nitrogens is 3. The number of rotatable bonds is 6. The van der Waals surface area contributed by atoms with E-state index in [0.717, 1.165) is 10.8 Å². The lowest BCUT2D eigenvalue weighted by Gasteiger charge is -2.31. The van der Waals surface area contributed by atoms with Crippen LogP contribution in [0.4, 0.5) is 17.6 Å². The Morgan fingerprint density at radius 1 is 1.21 bits per heavy atom. The molecule has 2 aromatic heterocycles. The second-order valence-electron chi connectivity index (χ2n) is 9.73. The van der Waals surface area contributed by atoms with Gasteiger partial charge in [0, 0.05) is 23.9 Å². The molecule has 1 N–H and O–H groups in total. The summed E-state index contributed by atoms with van der Waals surface area (Å²) in [5, 5.41) is 9.92. The Balaban J connectivity index is 1.61. The SMILES string of the molecule is CC(C)Oc1ccc(-n2ccnc2C(F)(F)F)nc1C1=CC2(CCC(C(=O)O)C2c2ccc(F)cc2)OC1. The van der Waals surface area contributed by atoms with Crippen LogP contribution >= 0.6 is 0 Å². The quantitative estimate of drug-likeness (QED) is 0.414. The second kappa shape index (κ2) is 9.54. The van der Waals surface area contributed by atoms with E-state index in [1.807, 2.05) is 19.9 Å². The van der Waals surface area contributed by atoms with Crippen molar-refractivity contribution >= 4 is 11.5 Å². The van der Waals surface area contributed by atoms with Crippen LogP contribution in [0.3, 0.4) is 0 Å². The summed E-state index contributed by atoms with van der Waals surface area (Å²) in [6, 6.07) is 8.65. The van der Waals surface area contributed by atoms with Crippen LogP contribution in [-0.4, -0.2) is 43.9 Å². The topological polar surface area (TPSA) is 86.5 Å². The minimum atomic E-state index is -4.68. The number of ether oxygens (including phenoxy) is 2. The largest absolute Gasteiger partial charge is 0.489 e. The highest BCUT2D eigenvalue weighted by Crippen LogP contribution is 2.54. The number of pyridine rings is 1. The van der Waals surface area contributed by atoms with Gasteiger partial charge in [-0.15, -0.1) is 0 Å². The van der Waals surface area contributed by atoms with Crippen molar-refractivity contribution in [3.8, 4) is 11.6 Å². The maximum Gasteiger partial charge on any atom is 0.450 e. The van der Waals surface area contributed by atoms with Gasteiger partial charge in [-0.25, -0.2) is 14.4 Å². The molecule has 38 heavy (non-hydrogen) atoms. The number of halogens is 4. The maximum atomic E-state index is 13.6. The molecule has 1 aromatic carbocycles. The molecule has 0 radical (unpaired) electrons. The summed E-state index contributed by atoms with van der Waals surface area (Å²) in [5.41, 5.74) is 0.484. The molecule has 2 aliphatic rings. The van der Waals surface area contributed by atoms with Crippen molar-refractivity contribution in [2.24, 2.45) is 5.92 Å². The number of alkyl halides is 3. The number of hydrogen-bond acceptors (Lipinski definition) is 5. The molecular formula is C27H25F4N3O4. The highest BCUT2D eigenvalue weighted by Gasteiger charge is 2.54. The molecule has 3 unspecified atom stereocenters. The number of benzene rings is 1. The van der Waals surface area contributed by atoms with Crippen LogP contribution in [0.1, 0.15) is 49.7 Å². The van der Waals surface area contributed by atoms with Gasteiger partial charge in [0.25, 0.3) is 0 Å². The molecule has 3 heterocycles. The Bertz CT molecular complexity index is 1380. The molecule has 3 aromatic rings. The van der Waals surface area contributed by atoms with Crippen molar-refractivity contribution in [1.82, 2.24) is 14.5 Å². The van der Waals surface area contributed by atoms with E-state index in [-0.39, 0.29) is 18.5 Å². The maximum absolute atomic E-state index is 13.6. The van der Waals surface area contributed by atoms with Crippen LogP contribution in [-0.2, 0) is 15.7 Å². The zero-order chi connectivity index (χ0) is 27.2. The molecule has 5 rings (SSSR count). The van der Waals surface area contributed by atoms with Crippen molar-refractivity contribution < 1.29 is 36.9 Å². The standard InChI is InChI=1S/C27H25F4N3O4/c1-15(2)38-20-7-8-21(34-12-11-32-25(34)27(29,30)31)33-23(20)17-13-26(37-14-17)10-9-19(24(35)36)22(26)16-3-5-18(28)6-4-16/h3-8,11-13,15,19,22H,9-10,14H2,1-2H3,(H,35,36). The molecular weight excluding hydrogens is 506 g/mol. The van der Waals surface area contributed by atoms with Gasteiger partial charge in [0.05, 0.1) is 24.2 Å². The van der Waals surface area contributed by atoms with Gasteiger partial charge in [-0.2, -0.15) is 13.2 Å². The highest BCUT2D eigenvalue weighted by molar-refractivity contribution is 5.76. The molecule has 200 valence electrons. The summed E-state index contributed by atoms with van der Waals surface area (Å²) in [6.45, 7) is 3.68. The molecule has 7 nitrogen and oxygen atoms in total. The lowest BCUT2D eigenvalue weighted by atomic mass is 9.79. The monoisotopic (exact) mass is 531 g/mol. The van der Waals surface area contributed by atoms with E-state index in [9.17, 15) is 27.5 Å². The molecule has 1 fully saturated rings. The van der Waals surface area contributed by atoms with Gasteiger partial charge in [0.1, 0.15) is 23.1 Å². The molecule has 11 heteroatoms. The zero-order valence-electron chi connectivity index (χ0n) is 20.6. The van der Waals surface area contributed by atoms with Gasteiger partial charge in [-0.1, -0.05) is 12.1 Å². The molecule has 1 aliphatic heterocycles. The molecule has 0 bridgehead atoms. The van der Waals surface area contributed by atoms with E-state index in [1.54, 1.807) is 18.2 Å². The molecule has 3 atom stereocenters. The van der Waals surface area contributed by atoms with Crippen LogP contribution in [0.2, 0.25) is 0 Å². The smallest absolute Gasteiger partial charge is 0.450 e. The summed E-state index contributed by atoms with van der Waals surface area (Å²) in [6.07, 6.45) is -0.153. The van der Waals surface area contributed by atoms with Crippen molar-refractivity contribution in [3.63, 3.8) is 0 Å². The van der Waals surface area contributed by atoms with Gasteiger partial charge in [-0.3, -0.25) is 9.36 Å². The zero-order valence-corrected chi connectivity index (χ0v) is 20.6. The molecule has 1 saturated carbocycles. The van der Waals surface area contributed by atoms with E-state index in [4.69, 9.17) is 9.47 Å². The van der Waals surface area contributed by atoms with Crippen molar-refractivity contribution in [3.05, 3.63) is 77.8 Å². The van der Waals surface area contributed by atoms with Gasteiger partial charge < -0.3 is 14.6 Å². The third-order valence-corrected chi connectivity index (χ3v) is 6.89. The lowest BCUT2D eigenvalue weighted by molar-refractivity contribution is -0.146. The fraction of sp³-hybridized carbons (Fsp3) is 0.370. The Kier molecular flexibility index (Phi) is 6.50. The lowest BCUT2D eigenvalue weighted by Crippen LogP contribution is -2.34. The van der Waals surface area contributed by atoms with E-state index >= 15 is 0 Å². The van der Waals surface area contributed by atoms with Crippen molar-refractivity contribution in [1.29, 1.82) is 0 Å². The number of carboxylic acids is 1. The predicted molar refractivity (Wildman–Crippen MR) is 128 cm³/mol. The number of carboxylic acid groups (broad SMARTS) is 1. The number of imidazole rings is 1. The third-order valence-electron chi connectivity index (χ3n) is 6.89. The van der Waals surface area contributed by atoms with E-state index in [2.05, 4.69) is 9.97 Å². The normalized spacial score (nSPS) is 23.3. The summed E-state index contributed by atoms with van der Waals surface area (Å²) in [4.78, 5) is 20.1. The first-order valence-corrected chi connectivity index (χ1v) is 12.1. The summed E-state index contributed by atoms with van der Waals surface area (Å²) in [7, 11) is 0. The van der Waals surface area contributed by atoms with Crippen LogP contribution in [0.15, 0.2) is 54.9 Å². The molecule has 1 aliphatic carbocycles. The number of carbonyl (C=O) groups is 1. The fourth-order valence-corrected chi connectivity index (χ4v) is 5.39. The average Bonchev–Trinajstić information content (AvgIpc) is 3.59. The van der Waals surface area contributed by atoms with E-state index in [1.165, 1.54) is 24.4 Å². The molecule has 0 saturated heterocycles. The number of hydrogen-bond donors (Lipinski definition) is 1. The minimum absolute atomic E-state index is 0.00676. The third kappa shape index (κ3) is 4.66. The Morgan fingerprint density at radius 2 is 1.95 bits per heavy atom. The van der Waals surface area contributed by atoms with Crippen LogP contribution in [0.25, 0.3) is 11.4 Å². The molecule has 1 spiro atoms. The first kappa shape index (κ1) is 25.9. The number of aliphatic carboxylic acids is 1. The van der Waals surface area contributed by atoms with E-state index < -0.39 is 41.2 Å². The highest BCUT2D eigenvalue weighted by atomic mass is 19.4. The van der Waals surface area contributed by atoms with Crippen molar-refractivity contribution in [2.45, 2.75) is 50.5 Å². The second-order valence-corrected chi connectivity index (χ2v) is 9.73.